The van der Waals surface area contributed by atoms with E-state index in [9.17, 15) is 4.79 Å². The van der Waals surface area contributed by atoms with Crippen LogP contribution in [-0.4, -0.2) is 62.1 Å². The van der Waals surface area contributed by atoms with E-state index >= 15 is 0 Å². The Kier molecular flexibility index (Phi) is 5.83. The van der Waals surface area contributed by atoms with Gasteiger partial charge in [0.2, 0.25) is 0 Å². The molecule has 0 aliphatic carbocycles. The molecular formula is C15H21ClN2O2. The lowest BCUT2D eigenvalue weighted by Crippen LogP contribution is -2.36. The van der Waals surface area contributed by atoms with Gasteiger partial charge in [-0.15, -0.1) is 0 Å². The average Bonchev–Trinajstić information content (AvgIpc) is 2.70. The van der Waals surface area contributed by atoms with E-state index in [1.807, 2.05) is 17.0 Å². The highest BCUT2D eigenvalue weighted by atomic mass is 35.5. The van der Waals surface area contributed by atoms with Crippen molar-refractivity contribution in [3.05, 3.63) is 34.9 Å². The summed E-state index contributed by atoms with van der Waals surface area (Å²) in [5, 5.41) is 0.526. The van der Waals surface area contributed by atoms with Crippen LogP contribution in [-0.2, 0) is 4.74 Å². The lowest BCUT2D eigenvalue weighted by Gasteiger charge is -2.22. The summed E-state index contributed by atoms with van der Waals surface area (Å²) in [6.07, 6.45) is 0.986. The zero-order valence-electron chi connectivity index (χ0n) is 11.8. The van der Waals surface area contributed by atoms with Crippen LogP contribution in [0, 0.1) is 0 Å². The van der Waals surface area contributed by atoms with E-state index < -0.39 is 0 Å². The molecule has 2 rings (SSSR count). The number of hydrogen-bond donors (Lipinski definition) is 0. The molecule has 1 saturated heterocycles. The van der Waals surface area contributed by atoms with Crippen molar-refractivity contribution < 1.29 is 9.53 Å². The van der Waals surface area contributed by atoms with Crippen molar-refractivity contribution in [3.8, 4) is 0 Å². The first kappa shape index (κ1) is 15.3. The molecule has 1 aliphatic heterocycles. The van der Waals surface area contributed by atoms with Crippen molar-refractivity contribution >= 4 is 17.5 Å². The quantitative estimate of drug-likeness (QED) is 0.853. The third kappa shape index (κ3) is 3.95. The van der Waals surface area contributed by atoms with Crippen LogP contribution < -0.4 is 0 Å². The Labute approximate surface area is 125 Å². The first-order valence-corrected chi connectivity index (χ1v) is 7.35. The van der Waals surface area contributed by atoms with Crippen molar-refractivity contribution in [1.29, 1.82) is 0 Å². The van der Waals surface area contributed by atoms with Gasteiger partial charge in [0.25, 0.3) is 5.91 Å². The number of amides is 1. The number of carbonyl (C=O) groups excluding carboxylic acids is 1. The summed E-state index contributed by atoms with van der Waals surface area (Å²) in [6, 6.07) is 7.24. The van der Waals surface area contributed by atoms with Crippen LogP contribution in [0.25, 0.3) is 0 Å². The van der Waals surface area contributed by atoms with E-state index in [-0.39, 0.29) is 5.91 Å². The molecule has 1 heterocycles. The zero-order valence-corrected chi connectivity index (χ0v) is 12.6. The van der Waals surface area contributed by atoms with Crippen molar-refractivity contribution in [3.63, 3.8) is 0 Å². The normalized spacial score (nSPS) is 17.0. The number of ether oxygens (including phenoxy) is 1. The topological polar surface area (TPSA) is 32.8 Å². The maximum Gasteiger partial charge on any atom is 0.255 e. The predicted octanol–water partition coefficient (Wildman–Crippen LogP) is 2.13. The molecule has 110 valence electrons. The lowest BCUT2D eigenvalue weighted by molar-refractivity contribution is 0.0759. The summed E-state index contributed by atoms with van der Waals surface area (Å²) in [5.74, 6) is 0.0317. The molecule has 1 aliphatic rings. The fourth-order valence-corrected chi connectivity index (χ4v) is 2.64. The van der Waals surface area contributed by atoms with Gasteiger partial charge in [0.05, 0.1) is 17.2 Å². The molecule has 1 fully saturated rings. The first-order valence-electron chi connectivity index (χ1n) is 6.97. The van der Waals surface area contributed by atoms with Gasteiger partial charge in [-0.2, -0.15) is 0 Å². The van der Waals surface area contributed by atoms with Crippen molar-refractivity contribution in [2.24, 2.45) is 0 Å². The molecule has 0 aromatic heterocycles. The summed E-state index contributed by atoms with van der Waals surface area (Å²) in [4.78, 5) is 16.7. The van der Waals surface area contributed by atoms with Crippen LogP contribution in [0.3, 0.4) is 0 Å². The summed E-state index contributed by atoms with van der Waals surface area (Å²) in [6.45, 7) is 5.08. The fourth-order valence-electron chi connectivity index (χ4n) is 2.42. The van der Waals surface area contributed by atoms with Gasteiger partial charge < -0.3 is 9.64 Å². The maximum atomic E-state index is 12.5. The van der Waals surface area contributed by atoms with Crippen LogP contribution in [0.2, 0.25) is 5.02 Å². The number of benzene rings is 1. The molecule has 0 saturated carbocycles. The fraction of sp³-hybridized carbons (Fsp3) is 0.533. The van der Waals surface area contributed by atoms with Gasteiger partial charge in [-0.05, 0) is 25.1 Å². The molecule has 0 spiro atoms. The predicted molar refractivity (Wildman–Crippen MR) is 80.3 cm³/mol. The number of methoxy groups -OCH3 is 1. The van der Waals surface area contributed by atoms with Crippen LogP contribution >= 0.6 is 11.6 Å². The van der Waals surface area contributed by atoms with Crippen LogP contribution in [0.4, 0.5) is 0 Å². The minimum atomic E-state index is 0.0317. The van der Waals surface area contributed by atoms with Gasteiger partial charge in [-0.3, -0.25) is 9.69 Å². The average molecular weight is 297 g/mol. The summed E-state index contributed by atoms with van der Waals surface area (Å²) >= 11 is 6.10. The molecule has 5 heteroatoms. The van der Waals surface area contributed by atoms with Gasteiger partial charge in [0.1, 0.15) is 0 Å². The standard InChI is InChI=1S/C15H21ClN2O2/c1-20-12-11-17-7-4-8-18(10-9-17)15(19)13-5-2-3-6-14(13)16/h2-3,5-6H,4,7-12H2,1H3. The van der Waals surface area contributed by atoms with Crippen LogP contribution in [0.15, 0.2) is 24.3 Å². The van der Waals surface area contributed by atoms with Gasteiger partial charge in [-0.1, -0.05) is 23.7 Å². The highest BCUT2D eigenvalue weighted by Crippen LogP contribution is 2.18. The van der Waals surface area contributed by atoms with Gasteiger partial charge >= 0.3 is 0 Å². The number of carbonyl (C=O) groups is 1. The van der Waals surface area contributed by atoms with Crippen LogP contribution in [0.1, 0.15) is 16.8 Å². The molecular weight excluding hydrogens is 276 g/mol. The Morgan fingerprint density at radius 1 is 1.25 bits per heavy atom. The third-order valence-corrected chi connectivity index (χ3v) is 3.92. The maximum absolute atomic E-state index is 12.5. The molecule has 0 atom stereocenters. The van der Waals surface area contributed by atoms with Crippen LogP contribution in [0.5, 0.6) is 0 Å². The molecule has 1 aromatic carbocycles. The molecule has 20 heavy (non-hydrogen) atoms. The third-order valence-electron chi connectivity index (χ3n) is 3.59. The second-order valence-electron chi connectivity index (χ2n) is 4.96. The van der Waals surface area contributed by atoms with Gasteiger partial charge in [0.15, 0.2) is 0 Å². The number of hydrogen-bond acceptors (Lipinski definition) is 3. The second-order valence-corrected chi connectivity index (χ2v) is 5.37. The number of halogens is 1. The Hall–Kier alpha value is -1.10. The van der Waals surface area contributed by atoms with Crippen molar-refractivity contribution in [1.82, 2.24) is 9.80 Å². The van der Waals surface area contributed by atoms with E-state index in [1.165, 1.54) is 0 Å². The van der Waals surface area contributed by atoms with E-state index in [0.29, 0.717) is 10.6 Å². The first-order chi connectivity index (χ1) is 9.72. The molecule has 4 nitrogen and oxygen atoms in total. The minimum absolute atomic E-state index is 0.0317. The van der Waals surface area contributed by atoms with E-state index in [4.69, 9.17) is 16.3 Å². The Bertz CT molecular complexity index is 453. The molecule has 0 unspecified atom stereocenters. The van der Waals surface area contributed by atoms with Crippen molar-refractivity contribution in [2.75, 3.05) is 46.4 Å². The molecule has 1 amide bonds. The Morgan fingerprint density at radius 3 is 2.80 bits per heavy atom. The van der Waals surface area contributed by atoms with E-state index in [0.717, 1.165) is 45.8 Å². The SMILES string of the molecule is COCCN1CCCN(C(=O)c2ccccc2Cl)CC1. The van der Waals surface area contributed by atoms with Gasteiger partial charge in [-0.25, -0.2) is 0 Å². The van der Waals surface area contributed by atoms with Gasteiger partial charge in [0, 0.05) is 33.3 Å². The Morgan fingerprint density at radius 2 is 2.05 bits per heavy atom. The monoisotopic (exact) mass is 296 g/mol. The molecule has 0 N–H and O–H groups in total. The van der Waals surface area contributed by atoms with E-state index in [2.05, 4.69) is 4.90 Å². The highest BCUT2D eigenvalue weighted by molar-refractivity contribution is 6.33. The number of rotatable bonds is 4. The Balaban J connectivity index is 1.96. The van der Waals surface area contributed by atoms with E-state index in [1.54, 1.807) is 19.2 Å². The summed E-state index contributed by atoms with van der Waals surface area (Å²) in [5.41, 5.74) is 0.597. The highest BCUT2D eigenvalue weighted by Gasteiger charge is 2.21. The smallest absolute Gasteiger partial charge is 0.255 e. The minimum Gasteiger partial charge on any atom is -0.383 e. The second kappa shape index (κ2) is 7.62. The molecule has 1 aromatic rings. The van der Waals surface area contributed by atoms with Crippen molar-refractivity contribution in [2.45, 2.75) is 6.42 Å². The molecule has 0 bridgehead atoms. The summed E-state index contributed by atoms with van der Waals surface area (Å²) in [7, 11) is 1.71. The lowest BCUT2D eigenvalue weighted by atomic mass is 10.2. The zero-order chi connectivity index (χ0) is 14.4. The number of nitrogens with zero attached hydrogens (tertiary/aromatic N) is 2. The summed E-state index contributed by atoms with van der Waals surface area (Å²) < 4.78 is 5.11. The molecule has 0 radical (unpaired) electrons. The largest absolute Gasteiger partial charge is 0.383 e.